The van der Waals surface area contributed by atoms with Gasteiger partial charge in [0.2, 0.25) is 0 Å². The zero-order valence-corrected chi connectivity index (χ0v) is 10.9. The number of benzene rings is 2. The molecular formula is C14H16N2S. The SMILES string of the molecule is CN(SN(C)c1ccccc1)c1ccccc1. The van der Waals surface area contributed by atoms with E-state index in [2.05, 4.69) is 71.2 Å². The molecule has 17 heavy (non-hydrogen) atoms. The fraction of sp³-hybridized carbons (Fsp3) is 0.143. The van der Waals surface area contributed by atoms with Crippen molar-refractivity contribution in [2.45, 2.75) is 0 Å². The molecule has 2 aromatic rings. The maximum Gasteiger partial charge on any atom is 0.0708 e. The van der Waals surface area contributed by atoms with E-state index in [1.807, 2.05) is 12.1 Å². The van der Waals surface area contributed by atoms with Crippen LogP contribution in [0.2, 0.25) is 0 Å². The fourth-order valence-electron chi connectivity index (χ4n) is 1.55. The Morgan fingerprint density at radius 1 is 0.647 bits per heavy atom. The van der Waals surface area contributed by atoms with Crippen LogP contribution in [0.25, 0.3) is 0 Å². The van der Waals surface area contributed by atoms with E-state index in [1.165, 1.54) is 11.4 Å². The Morgan fingerprint density at radius 2 is 1.00 bits per heavy atom. The second-order valence-electron chi connectivity index (χ2n) is 3.75. The molecule has 0 bridgehead atoms. The summed E-state index contributed by atoms with van der Waals surface area (Å²) < 4.78 is 4.29. The van der Waals surface area contributed by atoms with Crippen LogP contribution in [0.3, 0.4) is 0 Å². The van der Waals surface area contributed by atoms with Crippen LogP contribution in [0.15, 0.2) is 60.7 Å². The maximum absolute atomic E-state index is 2.15. The standard InChI is InChI=1S/C14H16N2S/c1-15(13-9-5-3-6-10-13)17-16(2)14-11-7-4-8-12-14/h3-12H,1-2H3. The van der Waals surface area contributed by atoms with E-state index in [0.29, 0.717) is 0 Å². The first-order valence-corrected chi connectivity index (χ1v) is 6.26. The van der Waals surface area contributed by atoms with Gasteiger partial charge in [0.25, 0.3) is 0 Å². The van der Waals surface area contributed by atoms with Crippen LogP contribution in [-0.4, -0.2) is 14.1 Å². The molecule has 0 amide bonds. The minimum Gasteiger partial charge on any atom is -0.302 e. The van der Waals surface area contributed by atoms with Gasteiger partial charge >= 0.3 is 0 Å². The first-order valence-electron chi connectivity index (χ1n) is 5.53. The molecule has 0 radical (unpaired) electrons. The predicted octanol–water partition coefficient (Wildman–Crippen LogP) is 3.82. The summed E-state index contributed by atoms with van der Waals surface area (Å²) >= 11 is 1.67. The molecule has 0 aromatic heterocycles. The monoisotopic (exact) mass is 244 g/mol. The van der Waals surface area contributed by atoms with E-state index in [4.69, 9.17) is 0 Å². The van der Waals surface area contributed by atoms with Gasteiger partial charge in [-0.3, -0.25) is 0 Å². The average molecular weight is 244 g/mol. The lowest BCUT2D eigenvalue weighted by Crippen LogP contribution is -2.17. The van der Waals surface area contributed by atoms with E-state index in [9.17, 15) is 0 Å². The Balaban J connectivity index is 2.02. The fourth-order valence-corrected chi connectivity index (χ4v) is 2.35. The highest BCUT2D eigenvalue weighted by Crippen LogP contribution is 2.26. The maximum atomic E-state index is 2.15. The van der Waals surface area contributed by atoms with Crippen LogP contribution >= 0.6 is 12.1 Å². The largest absolute Gasteiger partial charge is 0.302 e. The van der Waals surface area contributed by atoms with Crippen LogP contribution in [0, 0.1) is 0 Å². The summed E-state index contributed by atoms with van der Waals surface area (Å²) in [6.07, 6.45) is 0. The predicted molar refractivity (Wildman–Crippen MR) is 77.3 cm³/mol. The number of para-hydroxylation sites is 2. The topological polar surface area (TPSA) is 6.48 Å². The first-order chi connectivity index (χ1) is 8.27. The minimum atomic E-state index is 1.19. The molecule has 0 heterocycles. The third-order valence-corrected chi connectivity index (χ3v) is 3.40. The molecule has 0 aliphatic heterocycles. The summed E-state index contributed by atoms with van der Waals surface area (Å²) in [7, 11) is 4.14. The molecular weight excluding hydrogens is 228 g/mol. The Kier molecular flexibility index (Phi) is 3.94. The molecule has 0 aliphatic carbocycles. The number of nitrogens with zero attached hydrogens (tertiary/aromatic N) is 2. The van der Waals surface area contributed by atoms with Gasteiger partial charge in [-0.25, -0.2) is 0 Å². The van der Waals surface area contributed by atoms with E-state index >= 15 is 0 Å². The average Bonchev–Trinajstić information content (AvgIpc) is 2.40. The molecule has 0 N–H and O–H groups in total. The lowest BCUT2D eigenvalue weighted by Gasteiger charge is -2.25. The highest BCUT2D eigenvalue weighted by molar-refractivity contribution is 8.01. The van der Waals surface area contributed by atoms with E-state index < -0.39 is 0 Å². The summed E-state index contributed by atoms with van der Waals surface area (Å²) in [5.74, 6) is 0. The van der Waals surface area contributed by atoms with Gasteiger partial charge in [0.1, 0.15) is 0 Å². The van der Waals surface area contributed by atoms with Gasteiger partial charge in [0.05, 0.1) is 12.1 Å². The third-order valence-electron chi connectivity index (χ3n) is 2.48. The van der Waals surface area contributed by atoms with Crippen molar-refractivity contribution in [3.63, 3.8) is 0 Å². The van der Waals surface area contributed by atoms with Gasteiger partial charge in [0.15, 0.2) is 0 Å². The highest BCUT2D eigenvalue weighted by atomic mass is 32.2. The third kappa shape index (κ3) is 3.17. The van der Waals surface area contributed by atoms with Gasteiger partial charge in [-0.05, 0) is 24.3 Å². The zero-order chi connectivity index (χ0) is 12.1. The van der Waals surface area contributed by atoms with Crippen LogP contribution in [-0.2, 0) is 0 Å². The van der Waals surface area contributed by atoms with Crippen molar-refractivity contribution in [2.75, 3.05) is 22.7 Å². The van der Waals surface area contributed by atoms with Gasteiger partial charge < -0.3 is 8.61 Å². The molecule has 2 rings (SSSR count). The van der Waals surface area contributed by atoms with Crippen molar-refractivity contribution >= 4 is 23.5 Å². The number of hydrogen-bond donors (Lipinski definition) is 0. The molecule has 88 valence electrons. The van der Waals surface area contributed by atoms with Crippen molar-refractivity contribution in [1.29, 1.82) is 0 Å². The minimum absolute atomic E-state index is 1.19. The first kappa shape index (κ1) is 11.9. The van der Waals surface area contributed by atoms with E-state index in [1.54, 1.807) is 12.1 Å². The van der Waals surface area contributed by atoms with Gasteiger partial charge in [0, 0.05) is 25.5 Å². The van der Waals surface area contributed by atoms with Crippen molar-refractivity contribution in [2.24, 2.45) is 0 Å². The Morgan fingerprint density at radius 3 is 1.35 bits per heavy atom. The van der Waals surface area contributed by atoms with Gasteiger partial charge in [-0.15, -0.1) is 0 Å². The van der Waals surface area contributed by atoms with Crippen LogP contribution in [0.4, 0.5) is 11.4 Å². The molecule has 0 aliphatic rings. The molecule has 0 saturated heterocycles. The van der Waals surface area contributed by atoms with E-state index in [0.717, 1.165) is 0 Å². The Bertz CT molecular complexity index is 401. The van der Waals surface area contributed by atoms with Crippen LogP contribution < -0.4 is 8.61 Å². The Labute approximate surface area is 107 Å². The van der Waals surface area contributed by atoms with E-state index in [-0.39, 0.29) is 0 Å². The summed E-state index contributed by atoms with van der Waals surface area (Å²) in [6, 6.07) is 20.7. The van der Waals surface area contributed by atoms with Crippen molar-refractivity contribution < 1.29 is 0 Å². The quantitative estimate of drug-likeness (QED) is 0.755. The second-order valence-corrected chi connectivity index (χ2v) is 5.01. The number of anilines is 2. The van der Waals surface area contributed by atoms with Crippen molar-refractivity contribution in [1.82, 2.24) is 0 Å². The Hall–Kier alpha value is -1.61. The molecule has 0 saturated carbocycles. The molecule has 0 unspecified atom stereocenters. The summed E-state index contributed by atoms with van der Waals surface area (Å²) in [5.41, 5.74) is 2.39. The molecule has 0 atom stereocenters. The van der Waals surface area contributed by atoms with Crippen LogP contribution in [0.5, 0.6) is 0 Å². The second kappa shape index (κ2) is 5.64. The highest BCUT2D eigenvalue weighted by Gasteiger charge is 2.06. The lowest BCUT2D eigenvalue weighted by molar-refractivity contribution is 1.30. The lowest BCUT2D eigenvalue weighted by atomic mass is 10.3. The number of hydrogen-bond acceptors (Lipinski definition) is 3. The molecule has 2 aromatic carbocycles. The molecule has 0 spiro atoms. The molecule has 2 nitrogen and oxygen atoms in total. The summed E-state index contributed by atoms with van der Waals surface area (Å²) in [6.45, 7) is 0. The molecule has 0 fully saturated rings. The van der Waals surface area contributed by atoms with Gasteiger partial charge in [-0.2, -0.15) is 0 Å². The summed E-state index contributed by atoms with van der Waals surface area (Å²) in [4.78, 5) is 0. The van der Waals surface area contributed by atoms with Crippen molar-refractivity contribution in [3.05, 3.63) is 60.7 Å². The summed E-state index contributed by atoms with van der Waals surface area (Å²) in [5, 5.41) is 0. The number of rotatable bonds is 4. The van der Waals surface area contributed by atoms with Crippen molar-refractivity contribution in [3.8, 4) is 0 Å². The normalized spacial score (nSPS) is 10.0. The van der Waals surface area contributed by atoms with Crippen LogP contribution in [0.1, 0.15) is 0 Å². The van der Waals surface area contributed by atoms with Gasteiger partial charge in [-0.1, -0.05) is 36.4 Å². The molecule has 3 heteroatoms. The smallest absolute Gasteiger partial charge is 0.0708 e. The zero-order valence-electron chi connectivity index (χ0n) is 10.1.